The Kier molecular flexibility index (Phi) is 6.51. The van der Waals surface area contributed by atoms with Gasteiger partial charge in [-0.3, -0.25) is 4.79 Å². The lowest BCUT2D eigenvalue weighted by atomic mass is 10.2. The number of aromatic nitrogens is 2. The second kappa shape index (κ2) is 8.83. The van der Waals surface area contributed by atoms with Crippen molar-refractivity contribution in [2.24, 2.45) is 0 Å². The fraction of sp³-hybridized carbons (Fsp3) is 0.353. The molecule has 1 aromatic carbocycles. The van der Waals surface area contributed by atoms with Crippen molar-refractivity contribution in [1.29, 1.82) is 0 Å². The first-order valence-electron chi connectivity index (χ1n) is 7.73. The molecule has 0 fully saturated rings. The number of ether oxygens (including phenoxy) is 2. The minimum absolute atomic E-state index is 0.0127. The molecular formula is C17H22N4O3. The number of benzene rings is 1. The molecule has 2 N–H and O–H groups in total. The minimum atomic E-state index is -0.327. The van der Waals surface area contributed by atoms with Gasteiger partial charge in [0.15, 0.2) is 0 Å². The van der Waals surface area contributed by atoms with Gasteiger partial charge < -0.3 is 20.1 Å². The molecule has 1 amide bonds. The molecule has 0 aliphatic heterocycles. The topological polar surface area (TPSA) is 85.4 Å². The lowest BCUT2D eigenvalue weighted by molar-refractivity contribution is 0.102. The Morgan fingerprint density at radius 3 is 2.79 bits per heavy atom. The highest BCUT2D eigenvalue weighted by Gasteiger charge is 2.12. The summed E-state index contributed by atoms with van der Waals surface area (Å²) in [5.41, 5.74) is 0.868. The predicted octanol–water partition coefficient (Wildman–Crippen LogP) is 2.57. The summed E-state index contributed by atoms with van der Waals surface area (Å²) in [5, 5.41) is 5.81. The zero-order valence-corrected chi connectivity index (χ0v) is 14.1. The van der Waals surface area contributed by atoms with Crippen LogP contribution < -0.4 is 15.4 Å². The molecule has 24 heavy (non-hydrogen) atoms. The highest BCUT2D eigenvalue weighted by Crippen LogP contribution is 2.25. The summed E-state index contributed by atoms with van der Waals surface area (Å²) in [6.45, 7) is 4.95. The van der Waals surface area contributed by atoms with Gasteiger partial charge in [0.2, 0.25) is 5.95 Å². The number of carbonyl (C=O) groups excluding carboxylic acids is 1. The molecule has 0 atom stereocenters. The third-order valence-electron chi connectivity index (χ3n) is 2.98. The van der Waals surface area contributed by atoms with E-state index in [4.69, 9.17) is 9.47 Å². The maximum absolute atomic E-state index is 12.4. The van der Waals surface area contributed by atoms with E-state index >= 15 is 0 Å². The van der Waals surface area contributed by atoms with Gasteiger partial charge in [-0.2, -0.15) is 0 Å². The zero-order valence-electron chi connectivity index (χ0n) is 14.1. The maximum atomic E-state index is 12.4. The summed E-state index contributed by atoms with van der Waals surface area (Å²) >= 11 is 0. The molecule has 2 aromatic rings. The van der Waals surface area contributed by atoms with Gasteiger partial charge in [-0.05, 0) is 32.0 Å². The van der Waals surface area contributed by atoms with Crippen LogP contribution in [0, 0.1) is 0 Å². The maximum Gasteiger partial charge on any atom is 0.274 e. The number of nitrogens with one attached hydrogen (secondary N) is 2. The largest absolute Gasteiger partial charge is 0.489 e. The number of hydrogen-bond acceptors (Lipinski definition) is 6. The SMILES string of the molecule is COCCNc1nccc(C(=O)Nc2ccccc2OC(C)C)n1. The molecule has 2 rings (SSSR count). The monoisotopic (exact) mass is 330 g/mol. The number of rotatable bonds is 8. The summed E-state index contributed by atoms with van der Waals surface area (Å²) in [5.74, 6) is 0.673. The van der Waals surface area contributed by atoms with Gasteiger partial charge in [0.1, 0.15) is 11.4 Å². The van der Waals surface area contributed by atoms with Crippen LogP contribution in [0.5, 0.6) is 5.75 Å². The Morgan fingerprint density at radius 2 is 2.04 bits per heavy atom. The number of carbonyl (C=O) groups is 1. The Labute approximate surface area is 141 Å². The van der Waals surface area contributed by atoms with Crippen molar-refractivity contribution in [3.05, 3.63) is 42.2 Å². The number of hydrogen-bond donors (Lipinski definition) is 2. The van der Waals surface area contributed by atoms with E-state index in [0.717, 1.165) is 0 Å². The molecule has 0 saturated carbocycles. The first-order chi connectivity index (χ1) is 11.6. The van der Waals surface area contributed by atoms with Gasteiger partial charge in [0.05, 0.1) is 18.4 Å². The van der Waals surface area contributed by atoms with Crippen molar-refractivity contribution in [3.8, 4) is 5.75 Å². The van der Waals surface area contributed by atoms with E-state index in [1.54, 1.807) is 19.2 Å². The third-order valence-corrected chi connectivity index (χ3v) is 2.98. The molecular weight excluding hydrogens is 308 g/mol. The van der Waals surface area contributed by atoms with E-state index in [1.807, 2.05) is 32.0 Å². The van der Waals surface area contributed by atoms with Crippen LogP contribution in [0.4, 0.5) is 11.6 Å². The second-order valence-corrected chi connectivity index (χ2v) is 5.30. The summed E-state index contributed by atoms with van der Waals surface area (Å²) < 4.78 is 10.7. The van der Waals surface area contributed by atoms with E-state index in [-0.39, 0.29) is 17.7 Å². The third kappa shape index (κ3) is 5.20. The number of methoxy groups -OCH3 is 1. The Bertz CT molecular complexity index is 676. The number of amides is 1. The quantitative estimate of drug-likeness (QED) is 0.724. The summed E-state index contributed by atoms with van der Waals surface area (Å²) in [7, 11) is 1.61. The Morgan fingerprint density at radius 1 is 1.25 bits per heavy atom. The van der Waals surface area contributed by atoms with Crippen LogP contribution in [0.1, 0.15) is 24.3 Å². The van der Waals surface area contributed by atoms with Crippen molar-refractivity contribution in [1.82, 2.24) is 9.97 Å². The van der Waals surface area contributed by atoms with Crippen LogP contribution in [0.2, 0.25) is 0 Å². The van der Waals surface area contributed by atoms with E-state index < -0.39 is 0 Å². The number of anilines is 2. The van der Waals surface area contributed by atoms with Crippen LogP contribution in [-0.2, 0) is 4.74 Å². The molecule has 1 aromatic heterocycles. The van der Waals surface area contributed by atoms with E-state index in [1.165, 1.54) is 6.20 Å². The van der Waals surface area contributed by atoms with E-state index in [2.05, 4.69) is 20.6 Å². The summed E-state index contributed by atoms with van der Waals surface area (Å²) in [4.78, 5) is 20.7. The Balaban J connectivity index is 2.08. The van der Waals surface area contributed by atoms with Crippen molar-refractivity contribution in [2.75, 3.05) is 30.9 Å². The average molecular weight is 330 g/mol. The zero-order chi connectivity index (χ0) is 17.4. The fourth-order valence-electron chi connectivity index (χ4n) is 1.95. The first-order valence-corrected chi connectivity index (χ1v) is 7.73. The highest BCUT2D eigenvalue weighted by atomic mass is 16.5. The molecule has 7 heteroatoms. The van der Waals surface area contributed by atoms with Crippen LogP contribution in [-0.4, -0.2) is 42.2 Å². The van der Waals surface area contributed by atoms with E-state index in [0.29, 0.717) is 30.5 Å². The highest BCUT2D eigenvalue weighted by molar-refractivity contribution is 6.03. The molecule has 0 radical (unpaired) electrons. The lowest BCUT2D eigenvalue weighted by Crippen LogP contribution is -2.17. The summed E-state index contributed by atoms with van der Waals surface area (Å²) in [6, 6.07) is 8.85. The van der Waals surface area contributed by atoms with Gasteiger partial charge in [-0.15, -0.1) is 0 Å². The number of nitrogens with zero attached hydrogens (tertiary/aromatic N) is 2. The van der Waals surface area contributed by atoms with Crippen molar-refractivity contribution in [2.45, 2.75) is 20.0 Å². The molecule has 0 aliphatic carbocycles. The molecule has 7 nitrogen and oxygen atoms in total. The standard InChI is InChI=1S/C17H22N4O3/c1-12(2)24-15-7-5-4-6-13(15)20-16(22)14-8-9-18-17(21-14)19-10-11-23-3/h4-9,12H,10-11H2,1-3H3,(H,20,22)(H,18,19,21). The van der Waals surface area contributed by atoms with Crippen molar-refractivity contribution in [3.63, 3.8) is 0 Å². The van der Waals surface area contributed by atoms with Crippen LogP contribution in [0.25, 0.3) is 0 Å². The average Bonchev–Trinajstić information content (AvgIpc) is 2.57. The van der Waals surface area contributed by atoms with Gasteiger partial charge >= 0.3 is 0 Å². The van der Waals surface area contributed by atoms with Crippen LogP contribution in [0.15, 0.2) is 36.5 Å². The van der Waals surface area contributed by atoms with Gasteiger partial charge in [0, 0.05) is 19.9 Å². The smallest absolute Gasteiger partial charge is 0.274 e. The first kappa shape index (κ1) is 17.7. The number of para-hydroxylation sites is 2. The summed E-state index contributed by atoms with van der Waals surface area (Å²) in [6.07, 6.45) is 1.55. The van der Waals surface area contributed by atoms with Crippen LogP contribution in [0.3, 0.4) is 0 Å². The lowest BCUT2D eigenvalue weighted by Gasteiger charge is -2.14. The molecule has 128 valence electrons. The molecule has 1 heterocycles. The van der Waals surface area contributed by atoms with Gasteiger partial charge in [0.25, 0.3) is 5.91 Å². The van der Waals surface area contributed by atoms with Gasteiger partial charge in [-0.25, -0.2) is 9.97 Å². The molecule has 0 spiro atoms. The van der Waals surface area contributed by atoms with Gasteiger partial charge in [-0.1, -0.05) is 12.1 Å². The predicted molar refractivity (Wildman–Crippen MR) is 92.6 cm³/mol. The minimum Gasteiger partial charge on any atom is -0.489 e. The molecule has 0 bridgehead atoms. The van der Waals surface area contributed by atoms with Crippen molar-refractivity contribution < 1.29 is 14.3 Å². The molecule has 0 aliphatic rings. The normalized spacial score (nSPS) is 10.5. The Hall–Kier alpha value is -2.67. The molecule has 0 unspecified atom stereocenters. The van der Waals surface area contributed by atoms with E-state index in [9.17, 15) is 4.79 Å². The fourth-order valence-corrected chi connectivity index (χ4v) is 1.95. The second-order valence-electron chi connectivity index (χ2n) is 5.30. The van der Waals surface area contributed by atoms with Crippen LogP contribution >= 0.6 is 0 Å². The van der Waals surface area contributed by atoms with Crippen molar-refractivity contribution >= 4 is 17.5 Å². The molecule has 0 saturated heterocycles.